The van der Waals surface area contributed by atoms with Crippen LogP contribution in [0, 0.1) is 0 Å². The second-order valence-electron chi connectivity index (χ2n) is 3.50. The molecule has 0 aliphatic rings. The van der Waals surface area contributed by atoms with Gasteiger partial charge in [0, 0.05) is 25.5 Å². The first-order chi connectivity index (χ1) is 5.95. The maximum Gasteiger partial charge on any atom is 0.220 e. The van der Waals surface area contributed by atoms with Gasteiger partial charge in [-0.2, -0.15) is 0 Å². The van der Waals surface area contributed by atoms with Gasteiger partial charge in [0.25, 0.3) is 0 Å². The zero-order valence-corrected chi connectivity index (χ0v) is 8.76. The van der Waals surface area contributed by atoms with Crippen molar-refractivity contribution in [2.75, 3.05) is 7.11 Å². The van der Waals surface area contributed by atoms with Gasteiger partial charge in [0.15, 0.2) is 0 Å². The van der Waals surface area contributed by atoms with Crippen molar-refractivity contribution in [1.82, 2.24) is 5.32 Å². The highest BCUT2D eigenvalue weighted by molar-refractivity contribution is 5.78. The van der Waals surface area contributed by atoms with Crippen LogP contribution in [0.5, 0.6) is 0 Å². The Kier molecular flexibility index (Phi) is 8.69. The minimum absolute atomic E-state index is 0.0652. The average Bonchev–Trinajstić information content (AvgIpc) is 2.01. The SMILES string of the molecule is CC(C)(C)NC(=O)CCC=O.CO. The highest BCUT2D eigenvalue weighted by Gasteiger charge is 2.12. The fraction of sp³-hybridized carbons (Fsp3) is 0.778. The van der Waals surface area contributed by atoms with Gasteiger partial charge in [0.2, 0.25) is 5.91 Å². The van der Waals surface area contributed by atoms with E-state index in [1.54, 1.807) is 0 Å². The van der Waals surface area contributed by atoms with Crippen molar-refractivity contribution in [3.05, 3.63) is 0 Å². The quantitative estimate of drug-likeness (QED) is 0.635. The number of amides is 1. The lowest BCUT2D eigenvalue weighted by Crippen LogP contribution is -2.40. The monoisotopic (exact) mass is 189 g/mol. The lowest BCUT2D eigenvalue weighted by atomic mass is 10.1. The van der Waals surface area contributed by atoms with Gasteiger partial charge in [-0.25, -0.2) is 0 Å². The molecular formula is C9H19NO3. The number of aliphatic hydroxyl groups excluding tert-OH is 1. The Morgan fingerprint density at radius 2 is 1.85 bits per heavy atom. The van der Waals surface area contributed by atoms with Crippen molar-refractivity contribution in [2.24, 2.45) is 0 Å². The third kappa shape index (κ3) is 14.0. The molecule has 0 aliphatic carbocycles. The van der Waals surface area contributed by atoms with Crippen molar-refractivity contribution in [2.45, 2.75) is 39.2 Å². The summed E-state index contributed by atoms with van der Waals surface area (Å²) in [6.07, 6.45) is 1.35. The van der Waals surface area contributed by atoms with Crippen molar-refractivity contribution in [3.63, 3.8) is 0 Å². The smallest absolute Gasteiger partial charge is 0.220 e. The van der Waals surface area contributed by atoms with E-state index in [9.17, 15) is 9.59 Å². The molecule has 0 aromatic carbocycles. The van der Waals surface area contributed by atoms with E-state index >= 15 is 0 Å². The Morgan fingerprint density at radius 3 is 2.15 bits per heavy atom. The van der Waals surface area contributed by atoms with E-state index in [0.717, 1.165) is 13.4 Å². The fourth-order valence-corrected chi connectivity index (χ4v) is 0.671. The van der Waals surface area contributed by atoms with Crippen LogP contribution >= 0.6 is 0 Å². The van der Waals surface area contributed by atoms with E-state index in [1.165, 1.54) is 0 Å². The van der Waals surface area contributed by atoms with Crippen molar-refractivity contribution in [1.29, 1.82) is 0 Å². The lowest BCUT2D eigenvalue weighted by molar-refractivity contribution is -0.123. The lowest BCUT2D eigenvalue weighted by Gasteiger charge is -2.19. The van der Waals surface area contributed by atoms with Gasteiger partial charge in [-0.05, 0) is 20.8 Å². The van der Waals surface area contributed by atoms with Crippen LogP contribution in [0.1, 0.15) is 33.6 Å². The number of nitrogens with one attached hydrogen (secondary N) is 1. The van der Waals surface area contributed by atoms with Gasteiger partial charge >= 0.3 is 0 Å². The molecule has 0 aromatic heterocycles. The van der Waals surface area contributed by atoms with E-state index < -0.39 is 0 Å². The second kappa shape index (κ2) is 7.73. The molecule has 0 saturated carbocycles. The molecule has 78 valence electrons. The summed E-state index contributed by atoms with van der Waals surface area (Å²) < 4.78 is 0. The molecule has 0 saturated heterocycles. The van der Waals surface area contributed by atoms with Crippen LogP contribution in [-0.2, 0) is 9.59 Å². The third-order valence-electron chi connectivity index (χ3n) is 1.00. The predicted molar refractivity (Wildman–Crippen MR) is 51.3 cm³/mol. The third-order valence-corrected chi connectivity index (χ3v) is 1.00. The zero-order valence-electron chi connectivity index (χ0n) is 8.76. The van der Waals surface area contributed by atoms with E-state index in [1.807, 2.05) is 20.8 Å². The van der Waals surface area contributed by atoms with Gasteiger partial charge < -0.3 is 15.2 Å². The molecule has 2 N–H and O–H groups in total. The minimum Gasteiger partial charge on any atom is -0.400 e. The molecule has 0 bridgehead atoms. The molecule has 0 heterocycles. The molecule has 13 heavy (non-hydrogen) atoms. The first-order valence-electron chi connectivity index (χ1n) is 4.15. The highest BCUT2D eigenvalue weighted by atomic mass is 16.2. The maximum absolute atomic E-state index is 10.9. The number of carbonyl (C=O) groups is 2. The summed E-state index contributed by atoms with van der Waals surface area (Å²) in [5, 5.41) is 9.76. The van der Waals surface area contributed by atoms with E-state index in [2.05, 4.69) is 5.32 Å². The standard InChI is InChI=1S/C8H15NO2.CH4O/c1-8(2,3)9-7(11)5-4-6-10;1-2/h6H,4-5H2,1-3H3,(H,9,11);2H,1H3. The maximum atomic E-state index is 10.9. The predicted octanol–water partition coefficient (Wildman–Crippen LogP) is 0.489. The molecule has 4 heteroatoms. The number of rotatable bonds is 3. The zero-order chi connectivity index (χ0) is 10.9. The Hall–Kier alpha value is -0.900. The van der Waals surface area contributed by atoms with Crippen LogP contribution in [0.15, 0.2) is 0 Å². The first-order valence-corrected chi connectivity index (χ1v) is 4.15. The Bertz CT molecular complexity index is 149. The molecule has 0 fully saturated rings. The molecule has 0 aliphatic heterocycles. The van der Waals surface area contributed by atoms with Gasteiger partial charge in [-0.1, -0.05) is 0 Å². The molecule has 0 rings (SSSR count). The Balaban J connectivity index is 0. The Labute approximate surface area is 79.3 Å². The molecule has 0 radical (unpaired) electrons. The van der Waals surface area contributed by atoms with Crippen LogP contribution in [-0.4, -0.2) is 29.9 Å². The van der Waals surface area contributed by atoms with Gasteiger partial charge in [-0.3, -0.25) is 4.79 Å². The molecular weight excluding hydrogens is 170 g/mol. The second-order valence-corrected chi connectivity index (χ2v) is 3.50. The summed E-state index contributed by atoms with van der Waals surface area (Å²) >= 11 is 0. The van der Waals surface area contributed by atoms with Gasteiger partial charge in [-0.15, -0.1) is 0 Å². The summed E-state index contributed by atoms with van der Waals surface area (Å²) in [4.78, 5) is 20.8. The summed E-state index contributed by atoms with van der Waals surface area (Å²) in [6, 6.07) is 0. The first kappa shape index (κ1) is 14.6. The average molecular weight is 189 g/mol. The number of carbonyl (C=O) groups excluding carboxylic acids is 2. The van der Waals surface area contributed by atoms with Gasteiger partial charge in [0.05, 0.1) is 0 Å². The minimum atomic E-state index is -0.194. The summed E-state index contributed by atoms with van der Waals surface area (Å²) in [6.45, 7) is 5.73. The van der Waals surface area contributed by atoms with E-state index in [4.69, 9.17) is 5.11 Å². The van der Waals surface area contributed by atoms with E-state index in [-0.39, 0.29) is 11.4 Å². The van der Waals surface area contributed by atoms with Crippen LogP contribution in [0.25, 0.3) is 0 Å². The summed E-state index contributed by atoms with van der Waals surface area (Å²) in [5.74, 6) is -0.0652. The fourth-order valence-electron chi connectivity index (χ4n) is 0.671. The van der Waals surface area contributed by atoms with Crippen LogP contribution < -0.4 is 5.32 Å². The van der Waals surface area contributed by atoms with Crippen molar-refractivity contribution >= 4 is 12.2 Å². The van der Waals surface area contributed by atoms with Crippen LogP contribution in [0.2, 0.25) is 0 Å². The molecule has 0 spiro atoms. The number of hydrogen-bond donors (Lipinski definition) is 2. The summed E-state index contributed by atoms with van der Waals surface area (Å²) in [5.41, 5.74) is -0.194. The van der Waals surface area contributed by atoms with Crippen molar-refractivity contribution < 1.29 is 14.7 Å². The van der Waals surface area contributed by atoms with Crippen molar-refractivity contribution in [3.8, 4) is 0 Å². The molecule has 0 aromatic rings. The van der Waals surface area contributed by atoms with Crippen LogP contribution in [0.4, 0.5) is 0 Å². The normalized spacial score (nSPS) is 9.62. The summed E-state index contributed by atoms with van der Waals surface area (Å²) in [7, 11) is 1.00. The molecule has 1 amide bonds. The number of hydrogen-bond acceptors (Lipinski definition) is 3. The Morgan fingerprint density at radius 1 is 1.38 bits per heavy atom. The number of aldehydes is 1. The largest absolute Gasteiger partial charge is 0.400 e. The topological polar surface area (TPSA) is 66.4 Å². The molecule has 0 atom stereocenters. The molecule has 0 unspecified atom stereocenters. The van der Waals surface area contributed by atoms with Gasteiger partial charge in [0.1, 0.15) is 6.29 Å². The highest BCUT2D eigenvalue weighted by Crippen LogP contribution is 1.99. The number of aliphatic hydroxyl groups is 1. The van der Waals surface area contributed by atoms with E-state index in [0.29, 0.717) is 12.8 Å². The van der Waals surface area contributed by atoms with Crippen LogP contribution in [0.3, 0.4) is 0 Å². The molecule has 4 nitrogen and oxygen atoms in total.